The van der Waals surface area contributed by atoms with E-state index in [1.54, 1.807) is 6.20 Å². The zero-order chi connectivity index (χ0) is 11.8. The Balaban J connectivity index is 2.36. The molecule has 1 aliphatic rings. The molecule has 82 valence electrons. The van der Waals surface area contributed by atoms with Crippen LogP contribution in [0.1, 0.15) is 22.3 Å². The largest absolute Gasteiger partial charge is 0.264 e. The van der Waals surface area contributed by atoms with E-state index in [2.05, 4.69) is 45.7 Å². The van der Waals surface area contributed by atoms with Crippen LogP contribution in [0.2, 0.25) is 0 Å². The molecule has 17 heavy (non-hydrogen) atoms. The van der Waals surface area contributed by atoms with E-state index in [1.807, 2.05) is 24.4 Å². The first-order valence-electron chi connectivity index (χ1n) is 5.37. The molecule has 1 aromatic heterocycles. The van der Waals surface area contributed by atoms with Crippen LogP contribution in [0, 0.1) is 0 Å². The van der Waals surface area contributed by atoms with Gasteiger partial charge in [0.2, 0.25) is 0 Å². The number of rotatable bonds is 0. The van der Waals surface area contributed by atoms with Gasteiger partial charge in [0.15, 0.2) is 0 Å². The Kier molecular flexibility index (Phi) is 2.45. The fraction of sp³-hybridized carbons (Fsp3) is 0. The Bertz CT molecular complexity index is 641. The number of fused-ring (bicyclic) bond motifs is 2. The molecule has 0 N–H and O–H groups in total. The quantitative estimate of drug-likeness (QED) is 0.701. The summed E-state index contributed by atoms with van der Waals surface area (Å²) in [7, 11) is 0. The van der Waals surface area contributed by atoms with Crippen molar-refractivity contribution < 1.29 is 0 Å². The molecule has 2 aromatic rings. The van der Waals surface area contributed by atoms with Crippen LogP contribution in [0.5, 0.6) is 0 Å². The standard InChI is InChI=1S/C15H10BrN/c1-10-12-5-3-2-4-11(12)8-15(16)13-6-7-17-9-14(10)13/h2-9H,1H2. The average Bonchev–Trinajstić information content (AvgIpc) is 2.48. The molecule has 0 atom stereocenters. The van der Waals surface area contributed by atoms with Crippen LogP contribution in [0.25, 0.3) is 16.1 Å². The molecule has 0 saturated carbocycles. The number of nitrogens with zero attached hydrogens (tertiary/aromatic N) is 1. The topological polar surface area (TPSA) is 12.9 Å². The van der Waals surface area contributed by atoms with Gasteiger partial charge in [0.05, 0.1) is 0 Å². The molecule has 0 amide bonds. The van der Waals surface area contributed by atoms with Crippen molar-refractivity contribution in [3.05, 3.63) is 71.6 Å². The fourth-order valence-electron chi connectivity index (χ4n) is 2.10. The van der Waals surface area contributed by atoms with Crippen LogP contribution >= 0.6 is 15.9 Å². The summed E-state index contributed by atoms with van der Waals surface area (Å²) in [5.74, 6) is 0. The number of aromatic nitrogens is 1. The highest BCUT2D eigenvalue weighted by Gasteiger charge is 2.16. The van der Waals surface area contributed by atoms with Gasteiger partial charge >= 0.3 is 0 Å². The van der Waals surface area contributed by atoms with E-state index < -0.39 is 0 Å². The molecule has 0 saturated heterocycles. The molecule has 1 nitrogen and oxygen atoms in total. The molecule has 3 rings (SSSR count). The average molecular weight is 284 g/mol. The number of hydrogen-bond acceptors (Lipinski definition) is 1. The first-order chi connectivity index (χ1) is 8.27. The van der Waals surface area contributed by atoms with Crippen molar-refractivity contribution in [1.29, 1.82) is 0 Å². The van der Waals surface area contributed by atoms with Crippen molar-refractivity contribution in [2.45, 2.75) is 0 Å². The van der Waals surface area contributed by atoms with Crippen LogP contribution < -0.4 is 0 Å². The molecule has 1 heterocycles. The van der Waals surface area contributed by atoms with Gasteiger partial charge < -0.3 is 0 Å². The van der Waals surface area contributed by atoms with Gasteiger partial charge in [-0.05, 0) is 34.4 Å². The van der Waals surface area contributed by atoms with Crippen molar-refractivity contribution in [2.75, 3.05) is 0 Å². The second kappa shape index (κ2) is 3.97. The van der Waals surface area contributed by atoms with Gasteiger partial charge in [-0.1, -0.05) is 46.8 Å². The van der Waals surface area contributed by atoms with Crippen molar-refractivity contribution in [1.82, 2.24) is 4.98 Å². The van der Waals surface area contributed by atoms with Gasteiger partial charge in [0.1, 0.15) is 0 Å². The predicted molar refractivity (Wildman–Crippen MR) is 75.6 cm³/mol. The van der Waals surface area contributed by atoms with Crippen LogP contribution in [0.3, 0.4) is 0 Å². The van der Waals surface area contributed by atoms with Crippen molar-refractivity contribution in [3.8, 4) is 0 Å². The van der Waals surface area contributed by atoms with Gasteiger partial charge in [-0.15, -0.1) is 0 Å². The van der Waals surface area contributed by atoms with Gasteiger partial charge in [0, 0.05) is 22.4 Å². The summed E-state index contributed by atoms with van der Waals surface area (Å²) < 4.78 is 1.07. The van der Waals surface area contributed by atoms with E-state index in [9.17, 15) is 0 Å². The maximum atomic E-state index is 4.20. The highest BCUT2D eigenvalue weighted by Crippen LogP contribution is 2.37. The number of hydrogen-bond donors (Lipinski definition) is 0. The molecule has 1 aliphatic carbocycles. The normalized spacial score (nSPS) is 13.5. The van der Waals surface area contributed by atoms with E-state index >= 15 is 0 Å². The zero-order valence-electron chi connectivity index (χ0n) is 9.15. The summed E-state index contributed by atoms with van der Waals surface area (Å²) in [6.45, 7) is 4.20. The summed E-state index contributed by atoms with van der Waals surface area (Å²) in [6.07, 6.45) is 5.80. The highest BCUT2D eigenvalue weighted by molar-refractivity contribution is 9.15. The molecule has 0 unspecified atom stereocenters. The number of pyridine rings is 1. The minimum Gasteiger partial charge on any atom is -0.264 e. The second-order valence-corrected chi connectivity index (χ2v) is 4.83. The minimum atomic E-state index is 1.02. The van der Waals surface area contributed by atoms with E-state index in [-0.39, 0.29) is 0 Å². The molecule has 0 bridgehead atoms. The van der Waals surface area contributed by atoms with Crippen molar-refractivity contribution in [3.63, 3.8) is 0 Å². The Morgan fingerprint density at radius 2 is 1.82 bits per heavy atom. The lowest BCUT2D eigenvalue weighted by atomic mass is 9.97. The third-order valence-corrected chi connectivity index (χ3v) is 3.63. The van der Waals surface area contributed by atoms with Crippen LogP contribution in [-0.4, -0.2) is 4.98 Å². The molecule has 0 spiro atoms. The predicted octanol–water partition coefficient (Wildman–Crippen LogP) is 4.35. The molecule has 1 aromatic carbocycles. The molecule has 0 aliphatic heterocycles. The summed E-state index contributed by atoms with van der Waals surface area (Å²) in [5.41, 5.74) is 5.59. The van der Waals surface area contributed by atoms with Gasteiger partial charge in [0.25, 0.3) is 0 Å². The third-order valence-electron chi connectivity index (χ3n) is 2.97. The van der Waals surface area contributed by atoms with Crippen LogP contribution in [0.15, 0.2) is 49.3 Å². The van der Waals surface area contributed by atoms with E-state index in [1.165, 1.54) is 5.56 Å². The van der Waals surface area contributed by atoms with Crippen molar-refractivity contribution in [2.24, 2.45) is 0 Å². The number of benzene rings is 1. The smallest absolute Gasteiger partial charge is 0.0352 e. The summed E-state index contributed by atoms with van der Waals surface area (Å²) in [5, 5.41) is 0. The lowest BCUT2D eigenvalue weighted by Gasteiger charge is -2.09. The van der Waals surface area contributed by atoms with Gasteiger partial charge in [-0.2, -0.15) is 0 Å². The van der Waals surface area contributed by atoms with Crippen LogP contribution in [0.4, 0.5) is 0 Å². The monoisotopic (exact) mass is 283 g/mol. The Labute approximate surface area is 109 Å². The zero-order valence-corrected chi connectivity index (χ0v) is 10.7. The number of halogens is 1. The maximum Gasteiger partial charge on any atom is 0.0352 e. The molecule has 2 heteroatoms. The van der Waals surface area contributed by atoms with Gasteiger partial charge in [-0.25, -0.2) is 0 Å². The Morgan fingerprint density at radius 3 is 2.71 bits per heavy atom. The maximum absolute atomic E-state index is 4.20. The Morgan fingerprint density at radius 1 is 1.00 bits per heavy atom. The molecular weight excluding hydrogens is 274 g/mol. The molecule has 0 fully saturated rings. The first-order valence-corrected chi connectivity index (χ1v) is 6.17. The van der Waals surface area contributed by atoms with Crippen LogP contribution in [-0.2, 0) is 0 Å². The van der Waals surface area contributed by atoms with Gasteiger partial charge in [-0.3, -0.25) is 4.98 Å². The second-order valence-electron chi connectivity index (χ2n) is 3.98. The lowest BCUT2D eigenvalue weighted by Crippen LogP contribution is -1.91. The van der Waals surface area contributed by atoms with E-state index in [0.29, 0.717) is 0 Å². The minimum absolute atomic E-state index is 1.02. The molecule has 0 radical (unpaired) electrons. The van der Waals surface area contributed by atoms with E-state index in [0.717, 1.165) is 26.7 Å². The summed E-state index contributed by atoms with van der Waals surface area (Å²) in [6, 6.07) is 10.3. The lowest BCUT2D eigenvalue weighted by molar-refractivity contribution is 1.30. The highest BCUT2D eigenvalue weighted by atomic mass is 79.9. The fourth-order valence-corrected chi connectivity index (χ4v) is 2.69. The SMILES string of the molecule is C=C1c2ccccc2C=C(Br)c2ccncc21. The summed E-state index contributed by atoms with van der Waals surface area (Å²) >= 11 is 3.63. The third kappa shape index (κ3) is 1.65. The van der Waals surface area contributed by atoms with E-state index in [4.69, 9.17) is 0 Å². The summed E-state index contributed by atoms with van der Waals surface area (Å²) in [4.78, 5) is 4.19. The van der Waals surface area contributed by atoms with Crippen molar-refractivity contribution >= 4 is 32.1 Å². The molecular formula is C15H10BrN. The Hall–Kier alpha value is -1.67. The first kappa shape index (κ1) is 10.5.